The van der Waals surface area contributed by atoms with Crippen molar-refractivity contribution in [3.8, 4) is 0 Å². The van der Waals surface area contributed by atoms with Gasteiger partial charge in [-0.1, -0.05) is 32.8 Å². The van der Waals surface area contributed by atoms with Gasteiger partial charge in [0, 0.05) is 98.1 Å². The van der Waals surface area contributed by atoms with E-state index in [9.17, 15) is 0 Å². The summed E-state index contributed by atoms with van der Waals surface area (Å²) in [5, 5.41) is 0. The topological polar surface area (TPSA) is 0 Å². The first-order valence-electron chi connectivity index (χ1n) is 2.90. The Hall–Kier alpha value is 3.27. The van der Waals surface area contributed by atoms with E-state index < -0.39 is 0 Å². The van der Waals surface area contributed by atoms with Crippen molar-refractivity contribution in [1.82, 2.24) is 0 Å². The summed E-state index contributed by atoms with van der Waals surface area (Å²) in [4.78, 5) is 0. The second kappa shape index (κ2) is 50.8. The fourth-order valence-corrected chi connectivity index (χ4v) is 0. The molecule has 0 unspecified atom stereocenters. The molecule has 0 aromatic rings. The average molecular weight is 396 g/mol. The summed E-state index contributed by atoms with van der Waals surface area (Å²) in [6.07, 6.45) is 4.39. The van der Waals surface area contributed by atoms with Gasteiger partial charge in [0.1, 0.15) is 0 Å². The van der Waals surface area contributed by atoms with E-state index in [1.165, 1.54) is 12.8 Å². The number of rotatable bonds is 1. The molecule has 0 aliphatic carbocycles. The molecule has 0 rings (SSSR count). The van der Waals surface area contributed by atoms with E-state index in [0.717, 1.165) is 0 Å². The van der Waals surface area contributed by atoms with Gasteiger partial charge in [-0.25, -0.2) is 0 Å². The second-order valence-electron chi connectivity index (χ2n) is 1.41. The first-order chi connectivity index (χ1) is 3.33. The molecule has 0 aromatic carbocycles. The molecule has 0 aliphatic heterocycles. The number of allylic oxidation sites excluding steroid dienone is 1. The van der Waals surface area contributed by atoms with Crippen LogP contribution in [0.5, 0.6) is 0 Å². The van der Waals surface area contributed by atoms with Gasteiger partial charge in [-0.2, -0.15) is 0 Å². The number of hydrogen-bond donors (Lipinski definition) is 0. The Balaban J connectivity index is -0.00000000848. The number of hydrogen-bond acceptors (Lipinski definition) is 0. The molecule has 4 heteroatoms. The largest absolute Gasteiger partial charge is 0.103 e. The zero-order valence-electron chi connectivity index (χ0n) is 8.01. The fraction of sp³-hybridized carbons (Fsp3) is 0.714. The van der Waals surface area contributed by atoms with Crippen LogP contribution in [0.3, 0.4) is 0 Å². The van der Waals surface area contributed by atoms with Crippen LogP contribution in [0.1, 0.15) is 33.6 Å². The summed E-state index contributed by atoms with van der Waals surface area (Å²) < 4.78 is 0. The molecule has 0 saturated heterocycles. The quantitative estimate of drug-likeness (QED) is 0.472. The normalized spacial score (nSPS) is 3.91. The van der Waals surface area contributed by atoms with Gasteiger partial charge in [-0.15, -0.1) is 6.58 Å². The van der Waals surface area contributed by atoms with E-state index in [0.29, 0.717) is 0 Å². The van der Waals surface area contributed by atoms with E-state index in [1.807, 2.05) is 6.92 Å². The first-order valence-corrected chi connectivity index (χ1v) is 2.90. The predicted molar refractivity (Wildman–Crippen MR) is 43.6 cm³/mol. The Kier molecular flexibility index (Phi) is 170. The third kappa shape index (κ3) is 92.5. The minimum Gasteiger partial charge on any atom is -0.103 e. The van der Waals surface area contributed by atoms with Crippen molar-refractivity contribution in [2.45, 2.75) is 33.6 Å². The van der Waals surface area contributed by atoms with Crippen LogP contribution in [0.15, 0.2) is 12.7 Å². The monoisotopic (exact) mass is 396 g/mol. The summed E-state index contributed by atoms with van der Waals surface area (Å²) >= 11 is 0. The third-order valence-electron chi connectivity index (χ3n) is 0.500. The van der Waals surface area contributed by atoms with Gasteiger partial charge >= 0.3 is 0 Å². The van der Waals surface area contributed by atoms with Crippen LogP contribution in [-0.2, 0) is 98.1 Å². The Morgan fingerprint density at radius 3 is 1.09 bits per heavy atom. The van der Waals surface area contributed by atoms with E-state index >= 15 is 0 Å². The molecular weight excluding hydrogens is 379 g/mol. The van der Waals surface area contributed by atoms with Crippen molar-refractivity contribution in [3.05, 3.63) is 12.7 Å². The predicted octanol–water partition coefficient (Wildman–Crippen LogP) is 2.34. The van der Waals surface area contributed by atoms with E-state index in [-0.39, 0.29) is 109 Å². The molecule has 0 amide bonds. The Labute approximate surface area is 152 Å². The van der Waals surface area contributed by atoms with Crippen LogP contribution in [0, 0.1) is 0 Å². The molecule has 0 bridgehead atoms. The van der Waals surface area contributed by atoms with Gasteiger partial charge in [-0.3, -0.25) is 0 Å². The summed E-state index contributed by atoms with van der Waals surface area (Å²) in [7, 11) is 0. The third-order valence-corrected chi connectivity index (χ3v) is 0.500. The minimum atomic E-state index is 0. The molecule has 0 nitrogen and oxygen atoms in total. The van der Waals surface area contributed by atoms with Crippen LogP contribution >= 0.6 is 0 Å². The molecule has 0 atom stereocenters. The van der Waals surface area contributed by atoms with Crippen molar-refractivity contribution in [2.24, 2.45) is 0 Å². The van der Waals surface area contributed by atoms with E-state index in [4.69, 9.17) is 0 Å². The molecule has 0 aliphatic rings. The van der Waals surface area contributed by atoms with Gasteiger partial charge in [0.15, 0.2) is 0 Å². The van der Waals surface area contributed by atoms with Crippen molar-refractivity contribution in [2.75, 3.05) is 0 Å². The Bertz CT molecular complexity index is 32.9. The summed E-state index contributed by atoms with van der Waals surface area (Å²) in [5.41, 5.74) is 0. The van der Waals surface area contributed by atoms with Gasteiger partial charge in [0.25, 0.3) is 0 Å². The molecular formula is C7H17SiY3. The molecule has 58 valence electrons. The molecule has 0 spiro atoms. The molecule has 0 fully saturated rings. The molecule has 0 heterocycles. The zero-order chi connectivity index (χ0) is 6.12. The van der Waals surface area contributed by atoms with Crippen molar-refractivity contribution in [3.63, 3.8) is 0 Å². The average Bonchev–Trinajstić information content (AvgIpc) is 1.69. The van der Waals surface area contributed by atoms with Gasteiger partial charge in [0.05, 0.1) is 0 Å². The summed E-state index contributed by atoms with van der Waals surface area (Å²) in [6, 6.07) is 0. The SMILES string of the molecule is C=CC.CCCC.[SiH].[Y].[Y].[Y]. The Morgan fingerprint density at radius 2 is 1.09 bits per heavy atom. The van der Waals surface area contributed by atoms with Crippen LogP contribution in [-0.4, -0.2) is 11.0 Å². The van der Waals surface area contributed by atoms with Gasteiger partial charge < -0.3 is 0 Å². The molecule has 6 radical (unpaired) electrons. The Morgan fingerprint density at radius 1 is 1.00 bits per heavy atom. The van der Waals surface area contributed by atoms with Crippen LogP contribution < -0.4 is 0 Å². The molecule has 11 heavy (non-hydrogen) atoms. The maximum atomic E-state index is 3.36. The van der Waals surface area contributed by atoms with E-state index in [1.54, 1.807) is 6.08 Å². The molecule has 0 saturated carbocycles. The van der Waals surface area contributed by atoms with Gasteiger partial charge in [0.2, 0.25) is 0 Å². The van der Waals surface area contributed by atoms with Crippen LogP contribution in [0.25, 0.3) is 0 Å². The minimum absolute atomic E-state index is 0. The number of unbranched alkanes of at least 4 members (excludes halogenated alkanes) is 1. The standard InChI is InChI=1S/C4H10.C3H6.HSi.3Y/c1-3-4-2;1-3-2;;;;/h3-4H2,1-2H3;3H,1H2,2H3;1H;;;. The van der Waals surface area contributed by atoms with E-state index in [2.05, 4.69) is 20.4 Å². The zero-order valence-corrected chi connectivity index (χ0v) is 17.7. The molecule has 0 N–H and O–H groups in total. The second-order valence-corrected chi connectivity index (χ2v) is 1.41. The fourth-order valence-electron chi connectivity index (χ4n) is 0. The first kappa shape index (κ1) is 36.7. The summed E-state index contributed by atoms with van der Waals surface area (Å²) in [6.45, 7) is 9.61. The van der Waals surface area contributed by atoms with Crippen molar-refractivity contribution in [1.29, 1.82) is 0 Å². The van der Waals surface area contributed by atoms with Crippen LogP contribution in [0.2, 0.25) is 0 Å². The van der Waals surface area contributed by atoms with Gasteiger partial charge in [-0.05, 0) is 17.9 Å². The summed E-state index contributed by atoms with van der Waals surface area (Å²) in [5.74, 6) is 0. The smallest absolute Gasteiger partial charge is 0 e. The van der Waals surface area contributed by atoms with Crippen LogP contribution in [0.4, 0.5) is 0 Å². The maximum absolute atomic E-state index is 3.36. The maximum Gasteiger partial charge on any atom is 0 e. The molecule has 0 aromatic heterocycles. The van der Waals surface area contributed by atoms with Crippen molar-refractivity contribution >= 4 is 11.0 Å². The van der Waals surface area contributed by atoms with Crippen molar-refractivity contribution < 1.29 is 98.1 Å².